The highest BCUT2D eigenvalue weighted by atomic mass is 14.5. The first-order valence-corrected chi connectivity index (χ1v) is 3.56. The van der Waals surface area contributed by atoms with E-state index in [0.717, 1.165) is 5.56 Å². The van der Waals surface area contributed by atoms with E-state index in [1.54, 1.807) is 12.1 Å². The van der Waals surface area contributed by atoms with Crippen molar-refractivity contribution in [1.29, 1.82) is 10.7 Å². The van der Waals surface area contributed by atoms with Gasteiger partial charge in [-0.2, -0.15) is 5.26 Å². The molecule has 0 aliphatic rings. The van der Waals surface area contributed by atoms with Gasteiger partial charge in [0.05, 0.1) is 11.6 Å². The summed E-state index contributed by atoms with van der Waals surface area (Å²) in [4.78, 5) is 0. The van der Waals surface area contributed by atoms with Crippen molar-refractivity contribution in [3.63, 3.8) is 0 Å². The van der Waals surface area contributed by atoms with Crippen LogP contribution in [0, 0.1) is 16.7 Å². The van der Waals surface area contributed by atoms with Gasteiger partial charge in [0.1, 0.15) is 0 Å². The quantitative estimate of drug-likeness (QED) is 0.632. The molecule has 1 rings (SSSR count). The zero-order chi connectivity index (χ0) is 8.97. The molecule has 0 atom stereocenters. The summed E-state index contributed by atoms with van der Waals surface area (Å²) in [6, 6.07) is 7.29. The van der Waals surface area contributed by atoms with Gasteiger partial charge >= 0.3 is 0 Å². The third-order valence-corrected chi connectivity index (χ3v) is 1.68. The maximum atomic E-state index is 8.68. The average molecular weight is 159 g/mol. The van der Waals surface area contributed by atoms with Gasteiger partial charge in [-0.15, -0.1) is 0 Å². The van der Waals surface area contributed by atoms with Crippen LogP contribution in [-0.2, 0) is 6.54 Å². The molecule has 3 nitrogen and oxygen atoms in total. The molecule has 0 heterocycles. The Morgan fingerprint density at radius 2 is 2.33 bits per heavy atom. The lowest BCUT2D eigenvalue weighted by atomic mass is 10.0. The molecule has 60 valence electrons. The van der Waals surface area contributed by atoms with Crippen molar-refractivity contribution in [3.05, 3.63) is 34.9 Å². The predicted molar refractivity (Wildman–Crippen MR) is 46.9 cm³/mol. The van der Waals surface area contributed by atoms with E-state index >= 15 is 0 Å². The number of benzene rings is 1. The fraction of sp³-hybridized carbons (Fsp3) is 0.111. The lowest BCUT2D eigenvalue weighted by Gasteiger charge is -2.02. The van der Waals surface area contributed by atoms with Crippen molar-refractivity contribution < 1.29 is 0 Å². The molecule has 0 aliphatic carbocycles. The van der Waals surface area contributed by atoms with Crippen molar-refractivity contribution in [2.45, 2.75) is 6.54 Å². The fourth-order valence-corrected chi connectivity index (χ4v) is 1.06. The summed E-state index contributed by atoms with van der Waals surface area (Å²) in [5, 5.41) is 15.8. The Morgan fingerprint density at radius 3 is 2.83 bits per heavy atom. The van der Waals surface area contributed by atoms with Gasteiger partial charge in [-0.3, -0.25) is 0 Å². The van der Waals surface area contributed by atoms with E-state index < -0.39 is 0 Å². The molecule has 3 heteroatoms. The normalized spacial score (nSPS) is 9.00. The molecule has 12 heavy (non-hydrogen) atoms. The summed E-state index contributed by atoms with van der Waals surface area (Å²) >= 11 is 0. The van der Waals surface area contributed by atoms with Gasteiger partial charge in [0.15, 0.2) is 0 Å². The van der Waals surface area contributed by atoms with Crippen molar-refractivity contribution in [1.82, 2.24) is 0 Å². The monoisotopic (exact) mass is 159 g/mol. The summed E-state index contributed by atoms with van der Waals surface area (Å²) < 4.78 is 0. The summed E-state index contributed by atoms with van der Waals surface area (Å²) in [5.41, 5.74) is 7.41. The molecule has 0 bridgehead atoms. The molecule has 1 aromatic rings. The number of nitriles is 1. The molecule has 1 aromatic carbocycles. The molecular formula is C9H9N3. The SMILES string of the molecule is N#Cc1cccc(CN)c1C=N. The van der Waals surface area contributed by atoms with Gasteiger partial charge in [0.25, 0.3) is 0 Å². The predicted octanol–water partition coefficient (Wildman–Crippen LogP) is 1.01. The van der Waals surface area contributed by atoms with Gasteiger partial charge < -0.3 is 11.1 Å². The Labute approximate surface area is 70.9 Å². The fourth-order valence-electron chi connectivity index (χ4n) is 1.06. The largest absolute Gasteiger partial charge is 0.326 e. The van der Waals surface area contributed by atoms with E-state index in [4.69, 9.17) is 16.4 Å². The van der Waals surface area contributed by atoms with Crippen molar-refractivity contribution in [3.8, 4) is 6.07 Å². The number of hydrogen-bond acceptors (Lipinski definition) is 3. The number of nitrogens with two attached hydrogens (primary N) is 1. The molecule has 0 spiro atoms. The zero-order valence-electron chi connectivity index (χ0n) is 6.54. The van der Waals surface area contributed by atoms with Crippen LogP contribution in [0.15, 0.2) is 18.2 Å². The van der Waals surface area contributed by atoms with Crippen LogP contribution in [0.3, 0.4) is 0 Å². The Morgan fingerprint density at radius 1 is 1.58 bits per heavy atom. The second-order valence-electron chi connectivity index (χ2n) is 2.34. The first-order chi connectivity index (χ1) is 5.83. The smallest absolute Gasteiger partial charge is 0.0998 e. The molecule has 0 aromatic heterocycles. The Balaban J connectivity index is 3.34. The Hall–Kier alpha value is -1.66. The van der Waals surface area contributed by atoms with Crippen LogP contribution in [0.1, 0.15) is 16.7 Å². The zero-order valence-corrected chi connectivity index (χ0v) is 6.54. The van der Waals surface area contributed by atoms with Gasteiger partial charge in [-0.1, -0.05) is 12.1 Å². The molecule has 3 N–H and O–H groups in total. The van der Waals surface area contributed by atoms with Crippen LogP contribution in [0.5, 0.6) is 0 Å². The van der Waals surface area contributed by atoms with Gasteiger partial charge in [-0.05, 0) is 11.6 Å². The molecule has 0 radical (unpaired) electrons. The first-order valence-electron chi connectivity index (χ1n) is 3.56. The topological polar surface area (TPSA) is 73.7 Å². The molecule has 0 amide bonds. The standard InChI is InChI=1S/C9H9N3/c10-4-7-2-1-3-8(5-11)9(7)6-12/h1-3,6,12H,4,10H2. The Bertz CT molecular complexity index is 336. The van der Waals surface area contributed by atoms with Crippen LogP contribution in [0.2, 0.25) is 0 Å². The van der Waals surface area contributed by atoms with Crippen LogP contribution >= 0.6 is 0 Å². The van der Waals surface area contributed by atoms with Crippen LogP contribution in [0.4, 0.5) is 0 Å². The van der Waals surface area contributed by atoms with E-state index in [-0.39, 0.29) is 0 Å². The summed E-state index contributed by atoms with van der Waals surface area (Å²) in [6.07, 6.45) is 1.17. The lowest BCUT2D eigenvalue weighted by molar-refractivity contribution is 1.06. The molecule has 0 aliphatic heterocycles. The minimum absolute atomic E-state index is 0.361. The molecule has 0 unspecified atom stereocenters. The van der Waals surface area contributed by atoms with Gasteiger partial charge in [-0.25, -0.2) is 0 Å². The van der Waals surface area contributed by atoms with Gasteiger partial charge in [0.2, 0.25) is 0 Å². The maximum absolute atomic E-state index is 8.68. The highest BCUT2D eigenvalue weighted by Crippen LogP contribution is 2.10. The van der Waals surface area contributed by atoms with Crippen LogP contribution in [0.25, 0.3) is 0 Å². The summed E-state index contributed by atoms with van der Waals surface area (Å²) in [7, 11) is 0. The molecule has 0 saturated carbocycles. The van der Waals surface area contributed by atoms with Gasteiger partial charge in [0, 0.05) is 18.3 Å². The minimum Gasteiger partial charge on any atom is -0.326 e. The highest BCUT2D eigenvalue weighted by molar-refractivity contribution is 5.83. The van der Waals surface area contributed by atoms with Crippen LogP contribution < -0.4 is 5.73 Å². The van der Waals surface area contributed by atoms with Crippen molar-refractivity contribution >= 4 is 6.21 Å². The van der Waals surface area contributed by atoms with E-state index in [9.17, 15) is 0 Å². The minimum atomic E-state index is 0.361. The number of nitrogens with one attached hydrogen (secondary N) is 1. The van der Waals surface area contributed by atoms with E-state index in [0.29, 0.717) is 17.7 Å². The lowest BCUT2D eigenvalue weighted by Crippen LogP contribution is -2.02. The molecule has 0 fully saturated rings. The maximum Gasteiger partial charge on any atom is 0.0998 e. The molecular weight excluding hydrogens is 150 g/mol. The second kappa shape index (κ2) is 3.65. The van der Waals surface area contributed by atoms with E-state index in [1.807, 2.05) is 12.1 Å². The van der Waals surface area contributed by atoms with Crippen molar-refractivity contribution in [2.24, 2.45) is 5.73 Å². The van der Waals surface area contributed by atoms with E-state index in [1.165, 1.54) is 6.21 Å². The second-order valence-corrected chi connectivity index (χ2v) is 2.34. The Kier molecular flexibility index (Phi) is 2.57. The summed E-state index contributed by atoms with van der Waals surface area (Å²) in [5.74, 6) is 0. The molecule has 0 saturated heterocycles. The average Bonchev–Trinajstić information content (AvgIpc) is 2.16. The van der Waals surface area contributed by atoms with Crippen molar-refractivity contribution in [2.75, 3.05) is 0 Å². The highest BCUT2D eigenvalue weighted by Gasteiger charge is 2.02. The number of rotatable bonds is 2. The number of hydrogen-bond donors (Lipinski definition) is 2. The third-order valence-electron chi connectivity index (χ3n) is 1.68. The number of nitrogens with zero attached hydrogens (tertiary/aromatic N) is 1. The summed E-state index contributed by atoms with van der Waals surface area (Å²) in [6.45, 7) is 0.361. The third kappa shape index (κ3) is 1.34. The van der Waals surface area contributed by atoms with Crippen LogP contribution in [-0.4, -0.2) is 6.21 Å². The van der Waals surface area contributed by atoms with E-state index in [2.05, 4.69) is 0 Å². The first kappa shape index (κ1) is 8.44.